The Morgan fingerprint density at radius 2 is 2.06 bits per heavy atom. The van der Waals surface area contributed by atoms with Gasteiger partial charge in [0.15, 0.2) is 0 Å². The molecule has 1 aromatic carbocycles. The molecule has 0 aliphatic heterocycles. The van der Waals surface area contributed by atoms with Gasteiger partial charge in [-0.1, -0.05) is 6.07 Å². The van der Waals surface area contributed by atoms with E-state index in [4.69, 9.17) is 0 Å². The van der Waals surface area contributed by atoms with E-state index in [1.54, 1.807) is 12.1 Å². The van der Waals surface area contributed by atoms with Crippen LogP contribution in [0.25, 0.3) is 10.9 Å². The zero-order valence-electron chi connectivity index (χ0n) is 9.36. The number of alkyl halides is 3. The van der Waals surface area contributed by atoms with Gasteiger partial charge in [-0.3, -0.25) is 0 Å². The lowest BCUT2D eigenvalue weighted by molar-refractivity contribution is -0.136. The zero-order valence-corrected chi connectivity index (χ0v) is 9.36. The van der Waals surface area contributed by atoms with Crippen molar-refractivity contribution in [3.05, 3.63) is 35.5 Å². The van der Waals surface area contributed by atoms with Crippen molar-refractivity contribution >= 4 is 10.9 Å². The number of fused-ring (bicyclic) bond motifs is 1. The average molecular weight is 242 g/mol. The Morgan fingerprint density at radius 3 is 2.71 bits per heavy atom. The van der Waals surface area contributed by atoms with Crippen LogP contribution in [0.5, 0.6) is 0 Å². The highest BCUT2D eigenvalue weighted by Gasteiger charge is 2.32. The topological polar surface area (TPSA) is 27.8 Å². The van der Waals surface area contributed by atoms with Gasteiger partial charge < -0.3 is 10.3 Å². The van der Waals surface area contributed by atoms with E-state index >= 15 is 0 Å². The van der Waals surface area contributed by atoms with Gasteiger partial charge in [-0.2, -0.15) is 13.2 Å². The first kappa shape index (κ1) is 12.0. The summed E-state index contributed by atoms with van der Waals surface area (Å²) in [7, 11) is 1.81. The molecule has 0 saturated carbocycles. The molecule has 1 heterocycles. The zero-order chi connectivity index (χ0) is 12.5. The van der Waals surface area contributed by atoms with Crippen molar-refractivity contribution in [3.63, 3.8) is 0 Å². The minimum absolute atomic E-state index is 0.242. The minimum Gasteiger partial charge on any atom is -0.358 e. The monoisotopic (exact) mass is 242 g/mol. The van der Waals surface area contributed by atoms with Crippen molar-refractivity contribution in [3.8, 4) is 0 Å². The van der Waals surface area contributed by atoms with Gasteiger partial charge in [0, 0.05) is 23.1 Å². The predicted molar refractivity (Wildman–Crippen MR) is 60.9 cm³/mol. The summed E-state index contributed by atoms with van der Waals surface area (Å²) in [6.07, 6.45) is -3.62. The standard InChI is InChI=1S/C12H13F3N2/c1-16-6-5-8-7-9-10(12(13,14)15)3-2-4-11(9)17-8/h2-4,7,16-17H,5-6H2,1H3. The van der Waals surface area contributed by atoms with E-state index in [0.29, 0.717) is 11.9 Å². The number of likely N-dealkylation sites (N-methyl/N-ethyl adjacent to an activating group) is 1. The first-order chi connectivity index (χ1) is 8.02. The molecule has 0 atom stereocenters. The second-order valence-corrected chi connectivity index (χ2v) is 3.91. The Hall–Kier alpha value is -1.49. The number of halogens is 3. The second-order valence-electron chi connectivity index (χ2n) is 3.91. The van der Waals surface area contributed by atoms with Crippen LogP contribution in [-0.4, -0.2) is 18.6 Å². The number of aromatic amines is 1. The van der Waals surface area contributed by atoms with Crippen LogP contribution in [0, 0.1) is 0 Å². The fourth-order valence-corrected chi connectivity index (χ4v) is 1.85. The molecule has 0 fully saturated rings. The van der Waals surface area contributed by atoms with Gasteiger partial charge in [0.05, 0.1) is 5.56 Å². The smallest absolute Gasteiger partial charge is 0.358 e. The number of rotatable bonds is 3. The summed E-state index contributed by atoms with van der Waals surface area (Å²) in [5.74, 6) is 0. The van der Waals surface area contributed by atoms with Crippen LogP contribution in [0.2, 0.25) is 0 Å². The number of hydrogen-bond acceptors (Lipinski definition) is 1. The third kappa shape index (κ3) is 2.44. The van der Waals surface area contributed by atoms with E-state index < -0.39 is 11.7 Å². The van der Waals surface area contributed by atoms with E-state index in [1.807, 2.05) is 7.05 Å². The summed E-state index contributed by atoms with van der Waals surface area (Å²) in [5, 5.41) is 3.20. The maximum Gasteiger partial charge on any atom is 0.417 e. The van der Waals surface area contributed by atoms with Crippen LogP contribution in [0.1, 0.15) is 11.3 Å². The molecule has 0 spiro atoms. The molecule has 0 amide bonds. The summed E-state index contributed by atoms with van der Waals surface area (Å²) < 4.78 is 38.3. The van der Waals surface area contributed by atoms with Gasteiger partial charge in [-0.15, -0.1) is 0 Å². The number of nitrogens with one attached hydrogen (secondary N) is 2. The third-order valence-electron chi connectivity index (χ3n) is 2.67. The lowest BCUT2D eigenvalue weighted by Crippen LogP contribution is -2.10. The predicted octanol–water partition coefficient (Wildman–Crippen LogP) is 2.95. The van der Waals surface area contributed by atoms with Gasteiger partial charge in [0.25, 0.3) is 0 Å². The van der Waals surface area contributed by atoms with Gasteiger partial charge in [-0.05, 0) is 31.7 Å². The molecule has 2 nitrogen and oxygen atoms in total. The number of benzene rings is 1. The minimum atomic E-state index is -4.30. The van der Waals surface area contributed by atoms with Crippen molar-refractivity contribution in [2.45, 2.75) is 12.6 Å². The quantitative estimate of drug-likeness (QED) is 0.850. The fourth-order valence-electron chi connectivity index (χ4n) is 1.85. The second kappa shape index (κ2) is 4.41. The molecular weight excluding hydrogens is 229 g/mol. The molecule has 0 unspecified atom stereocenters. The van der Waals surface area contributed by atoms with E-state index in [1.165, 1.54) is 6.07 Å². The van der Waals surface area contributed by atoms with E-state index in [-0.39, 0.29) is 5.39 Å². The number of H-pyrrole nitrogens is 1. The molecule has 5 heteroatoms. The Morgan fingerprint density at radius 1 is 1.29 bits per heavy atom. The van der Waals surface area contributed by atoms with Crippen molar-refractivity contribution in [1.82, 2.24) is 10.3 Å². The Balaban J connectivity index is 2.46. The van der Waals surface area contributed by atoms with Gasteiger partial charge in [-0.25, -0.2) is 0 Å². The van der Waals surface area contributed by atoms with Gasteiger partial charge in [0.2, 0.25) is 0 Å². The Bertz CT molecular complexity index is 514. The highest BCUT2D eigenvalue weighted by atomic mass is 19.4. The van der Waals surface area contributed by atoms with Crippen LogP contribution >= 0.6 is 0 Å². The Labute approximate surface area is 96.8 Å². The summed E-state index contributed by atoms with van der Waals surface area (Å²) in [4.78, 5) is 3.00. The van der Waals surface area contributed by atoms with Crippen LogP contribution in [-0.2, 0) is 12.6 Å². The normalized spacial score (nSPS) is 12.2. The third-order valence-corrected chi connectivity index (χ3v) is 2.67. The average Bonchev–Trinajstić information content (AvgIpc) is 2.66. The number of hydrogen-bond donors (Lipinski definition) is 2. The maximum atomic E-state index is 12.8. The maximum absolute atomic E-state index is 12.8. The van der Waals surface area contributed by atoms with Crippen LogP contribution < -0.4 is 5.32 Å². The molecular formula is C12H13F3N2. The van der Waals surface area contributed by atoms with E-state index in [9.17, 15) is 13.2 Å². The summed E-state index contributed by atoms with van der Waals surface area (Å²) >= 11 is 0. The van der Waals surface area contributed by atoms with Crippen LogP contribution in [0.4, 0.5) is 13.2 Å². The van der Waals surface area contributed by atoms with Gasteiger partial charge in [0.1, 0.15) is 0 Å². The molecule has 0 saturated heterocycles. The molecule has 92 valence electrons. The molecule has 0 radical (unpaired) electrons. The molecule has 2 N–H and O–H groups in total. The van der Waals surface area contributed by atoms with Gasteiger partial charge >= 0.3 is 6.18 Å². The highest BCUT2D eigenvalue weighted by molar-refractivity contribution is 5.84. The molecule has 0 aliphatic rings. The summed E-state index contributed by atoms with van der Waals surface area (Å²) in [6, 6.07) is 5.77. The molecule has 17 heavy (non-hydrogen) atoms. The Kier molecular flexibility index (Phi) is 3.11. The molecule has 0 aliphatic carbocycles. The lowest BCUT2D eigenvalue weighted by Gasteiger charge is -2.06. The SMILES string of the molecule is CNCCc1cc2c(C(F)(F)F)cccc2[nH]1. The summed E-state index contributed by atoms with van der Waals surface area (Å²) in [5.41, 5.74) is 0.763. The van der Waals surface area contributed by atoms with Crippen molar-refractivity contribution in [1.29, 1.82) is 0 Å². The van der Waals surface area contributed by atoms with Crippen molar-refractivity contribution < 1.29 is 13.2 Å². The summed E-state index contributed by atoms with van der Waals surface area (Å²) in [6.45, 7) is 0.730. The molecule has 2 rings (SSSR count). The first-order valence-corrected chi connectivity index (χ1v) is 5.35. The van der Waals surface area contributed by atoms with Crippen molar-refractivity contribution in [2.24, 2.45) is 0 Å². The molecule has 1 aromatic heterocycles. The molecule has 2 aromatic rings. The van der Waals surface area contributed by atoms with Crippen molar-refractivity contribution in [2.75, 3.05) is 13.6 Å². The van der Waals surface area contributed by atoms with Crippen LogP contribution in [0.15, 0.2) is 24.3 Å². The lowest BCUT2D eigenvalue weighted by atomic mass is 10.1. The molecule has 0 bridgehead atoms. The van der Waals surface area contributed by atoms with E-state index in [0.717, 1.165) is 18.3 Å². The van der Waals surface area contributed by atoms with E-state index in [2.05, 4.69) is 10.3 Å². The fraction of sp³-hybridized carbons (Fsp3) is 0.333. The number of aromatic nitrogens is 1. The van der Waals surface area contributed by atoms with Crippen LogP contribution in [0.3, 0.4) is 0 Å². The first-order valence-electron chi connectivity index (χ1n) is 5.35. The largest absolute Gasteiger partial charge is 0.417 e. The highest BCUT2D eigenvalue weighted by Crippen LogP contribution is 2.34.